The lowest BCUT2D eigenvalue weighted by Crippen LogP contribution is -2.50. The van der Waals surface area contributed by atoms with Crippen molar-refractivity contribution in [2.75, 3.05) is 25.6 Å². The van der Waals surface area contributed by atoms with Crippen LogP contribution in [0.3, 0.4) is 0 Å². The number of halogens is 1. The number of nitrogens with one attached hydrogen (secondary N) is 2. The van der Waals surface area contributed by atoms with Crippen molar-refractivity contribution in [2.24, 2.45) is 0 Å². The van der Waals surface area contributed by atoms with E-state index in [1.54, 1.807) is 19.4 Å². The van der Waals surface area contributed by atoms with E-state index in [1.807, 2.05) is 18.2 Å². The quantitative estimate of drug-likeness (QED) is 0.428. The van der Waals surface area contributed by atoms with Gasteiger partial charge in [0.15, 0.2) is 18.2 Å². The van der Waals surface area contributed by atoms with E-state index >= 15 is 0 Å². The van der Waals surface area contributed by atoms with Crippen molar-refractivity contribution in [3.8, 4) is 11.6 Å². The number of methoxy groups -OCH3 is 1. The number of anilines is 1. The van der Waals surface area contributed by atoms with Gasteiger partial charge < -0.3 is 25.2 Å². The lowest BCUT2D eigenvalue weighted by molar-refractivity contribution is -0.118. The fraction of sp³-hybridized carbons (Fsp3) is 0.462. The number of hydrogen-bond donors (Lipinski definition) is 3. The van der Waals surface area contributed by atoms with Gasteiger partial charge in [0.05, 0.1) is 29.4 Å². The van der Waals surface area contributed by atoms with Gasteiger partial charge >= 0.3 is 0 Å². The van der Waals surface area contributed by atoms with Crippen LogP contribution in [0.2, 0.25) is 5.02 Å². The number of hydrogen-bond acceptors (Lipinski definition) is 9. The van der Waals surface area contributed by atoms with Crippen LogP contribution in [-0.4, -0.2) is 69.3 Å². The lowest BCUT2D eigenvalue weighted by atomic mass is 9.96. The zero-order valence-electron chi connectivity index (χ0n) is 20.5. The van der Waals surface area contributed by atoms with Crippen molar-refractivity contribution in [1.82, 2.24) is 25.2 Å². The summed E-state index contributed by atoms with van der Waals surface area (Å²) in [5.41, 5.74) is 2.70. The second kappa shape index (κ2) is 10.0. The molecule has 37 heavy (non-hydrogen) atoms. The van der Waals surface area contributed by atoms with Crippen LogP contribution in [0.1, 0.15) is 43.0 Å². The number of aromatic nitrogens is 3. The Balaban J connectivity index is 1.11. The first-order valence-corrected chi connectivity index (χ1v) is 12.9. The number of aliphatic hydroxyl groups is 1. The van der Waals surface area contributed by atoms with Gasteiger partial charge in [0.1, 0.15) is 5.52 Å². The van der Waals surface area contributed by atoms with Gasteiger partial charge in [-0.3, -0.25) is 14.7 Å². The Morgan fingerprint density at radius 3 is 2.84 bits per heavy atom. The minimum absolute atomic E-state index is 0.0244. The number of nitrogens with zero attached hydrogens (tertiary/aromatic N) is 4. The third kappa shape index (κ3) is 4.82. The Morgan fingerprint density at radius 2 is 2.05 bits per heavy atom. The van der Waals surface area contributed by atoms with Crippen LogP contribution in [0.4, 0.5) is 5.82 Å². The van der Waals surface area contributed by atoms with Crippen molar-refractivity contribution >= 4 is 34.4 Å². The Kier molecular flexibility index (Phi) is 6.58. The number of carbonyl (C=O) groups is 1. The highest BCUT2D eigenvalue weighted by Gasteiger charge is 2.41. The van der Waals surface area contributed by atoms with E-state index in [0.29, 0.717) is 70.3 Å². The number of rotatable bonds is 7. The van der Waals surface area contributed by atoms with Crippen LogP contribution in [0.15, 0.2) is 30.5 Å². The molecular formula is C26H29ClN6O4. The smallest absolute Gasteiger partial charge is 0.263 e. The van der Waals surface area contributed by atoms with Gasteiger partial charge in [0.2, 0.25) is 5.88 Å². The average molecular weight is 525 g/mol. The fourth-order valence-corrected chi connectivity index (χ4v) is 6.12. The second-order valence-electron chi connectivity index (χ2n) is 9.87. The van der Waals surface area contributed by atoms with E-state index in [0.717, 1.165) is 31.4 Å². The molecule has 3 unspecified atom stereocenters. The summed E-state index contributed by atoms with van der Waals surface area (Å²) < 4.78 is 10.7. The van der Waals surface area contributed by atoms with E-state index in [9.17, 15) is 9.90 Å². The minimum Gasteiger partial charge on any atom is -0.481 e. The molecule has 3 atom stereocenters. The van der Waals surface area contributed by atoms with Gasteiger partial charge in [-0.1, -0.05) is 11.6 Å². The molecule has 6 heterocycles. The third-order valence-electron chi connectivity index (χ3n) is 7.59. The van der Waals surface area contributed by atoms with Crippen LogP contribution in [0.5, 0.6) is 11.6 Å². The van der Waals surface area contributed by atoms with Crippen molar-refractivity contribution in [3.63, 3.8) is 0 Å². The monoisotopic (exact) mass is 524 g/mol. The van der Waals surface area contributed by atoms with Crippen LogP contribution < -0.4 is 20.1 Å². The lowest BCUT2D eigenvalue weighted by Gasteiger charge is -2.40. The summed E-state index contributed by atoms with van der Waals surface area (Å²) in [5, 5.41) is 18.1. The summed E-state index contributed by atoms with van der Waals surface area (Å²) in [6.45, 7) is 1.13. The van der Waals surface area contributed by atoms with Crippen LogP contribution in [0, 0.1) is 0 Å². The van der Waals surface area contributed by atoms with Crippen molar-refractivity contribution in [2.45, 2.75) is 56.5 Å². The number of piperidine rings is 1. The predicted molar refractivity (Wildman–Crippen MR) is 138 cm³/mol. The predicted octanol–water partition coefficient (Wildman–Crippen LogP) is 2.84. The molecule has 3 aromatic heterocycles. The van der Waals surface area contributed by atoms with Crippen molar-refractivity contribution in [1.29, 1.82) is 0 Å². The maximum absolute atomic E-state index is 11.6. The van der Waals surface area contributed by atoms with E-state index < -0.39 is 6.10 Å². The zero-order valence-corrected chi connectivity index (χ0v) is 21.2. The molecule has 0 spiro atoms. The molecule has 0 saturated carbocycles. The summed E-state index contributed by atoms with van der Waals surface area (Å²) in [4.78, 5) is 27.4. The molecule has 2 saturated heterocycles. The molecule has 0 aliphatic carbocycles. The van der Waals surface area contributed by atoms with Gasteiger partial charge in [-0.15, -0.1) is 0 Å². The topological polar surface area (TPSA) is 122 Å². The van der Waals surface area contributed by atoms with Crippen molar-refractivity contribution < 1.29 is 19.4 Å². The summed E-state index contributed by atoms with van der Waals surface area (Å²) in [7, 11) is 1.56. The molecule has 6 rings (SSSR count). The van der Waals surface area contributed by atoms with E-state index in [4.69, 9.17) is 21.1 Å². The number of amides is 1. The first-order valence-electron chi connectivity index (χ1n) is 12.6. The number of carbonyl (C=O) groups excluding carboxylic acids is 1. The third-order valence-corrected chi connectivity index (χ3v) is 7.89. The maximum atomic E-state index is 11.6. The first-order chi connectivity index (χ1) is 18.0. The molecule has 2 bridgehead atoms. The number of ether oxygens (including phenoxy) is 2. The fourth-order valence-electron chi connectivity index (χ4n) is 5.86. The average Bonchev–Trinajstić information content (AvgIpc) is 3.12. The summed E-state index contributed by atoms with van der Waals surface area (Å²) in [6.07, 6.45) is 4.98. The number of pyridine rings is 3. The molecular weight excluding hydrogens is 496 g/mol. The molecule has 3 aliphatic heterocycles. The van der Waals surface area contributed by atoms with Crippen molar-refractivity contribution in [3.05, 3.63) is 46.7 Å². The summed E-state index contributed by atoms with van der Waals surface area (Å²) in [6, 6.07) is 8.47. The maximum Gasteiger partial charge on any atom is 0.263 e. The second-order valence-corrected chi connectivity index (χ2v) is 10.3. The Labute approximate surface area is 219 Å². The largest absolute Gasteiger partial charge is 0.481 e. The molecule has 2 fully saturated rings. The molecule has 3 aliphatic rings. The van der Waals surface area contributed by atoms with E-state index in [-0.39, 0.29) is 12.5 Å². The van der Waals surface area contributed by atoms with Crippen LogP contribution in [0.25, 0.3) is 11.0 Å². The van der Waals surface area contributed by atoms with E-state index in [1.165, 1.54) is 0 Å². The van der Waals surface area contributed by atoms with Gasteiger partial charge in [-0.25, -0.2) is 9.97 Å². The molecule has 10 nitrogen and oxygen atoms in total. The molecule has 11 heteroatoms. The molecule has 3 N–H and O–H groups in total. The molecule has 0 radical (unpaired) electrons. The van der Waals surface area contributed by atoms with E-state index in [2.05, 4.69) is 30.5 Å². The molecule has 0 aromatic carbocycles. The molecule has 3 aromatic rings. The SMILES string of the molecule is COc1ccc2ncc(Cl)c(C(O)CN3C4CCC3CC(NCc3ccc5c(n3)NC(=O)CO5)C4)c2n1. The van der Waals surface area contributed by atoms with Gasteiger partial charge in [0, 0.05) is 49.0 Å². The highest BCUT2D eigenvalue weighted by atomic mass is 35.5. The number of fused-ring (bicyclic) bond motifs is 4. The van der Waals surface area contributed by atoms with Gasteiger partial charge in [-0.2, -0.15) is 0 Å². The Hall–Kier alpha value is -3.05. The highest BCUT2D eigenvalue weighted by Crippen LogP contribution is 2.39. The minimum atomic E-state index is -0.789. The molecule has 1 amide bonds. The summed E-state index contributed by atoms with van der Waals surface area (Å²) >= 11 is 6.51. The zero-order chi connectivity index (χ0) is 25.5. The normalized spacial score (nSPS) is 23.9. The van der Waals surface area contributed by atoms with Crippen LogP contribution >= 0.6 is 11.6 Å². The number of aliphatic hydroxyl groups excluding tert-OH is 1. The van der Waals surface area contributed by atoms with Gasteiger partial charge in [0.25, 0.3) is 5.91 Å². The highest BCUT2D eigenvalue weighted by molar-refractivity contribution is 6.32. The van der Waals surface area contributed by atoms with Gasteiger partial charge in [-0.05, 0) is 43.9 Å². The molecule has 194 valence electrons. The Morgan fingerprint density at radius 1 is 1.24 bits per heavy atom. The van der Waals surface area contributed by atoms with Crippen LogP contribution in [-0.2, 0) is 11.3 Å². The standard InChI is InChI=1S/C26H29ClN6O4/c1-36-23-7-5-19-25(32-23)24(18(27)11-29-19)20(34)12-33-16-3-4-17(33)9-15(8-16)28-10-14-2-6-21-26(30-14)31-22(35)13-37-21/h2,5-7,11,15-17,20,28,34H,3-4,8-10,12-13H2,1H3,(H,30,31,35). The Bertz CT molecular complexity index is 1330. The summed E-state index contributed by atoms with van der Waals surface area (Å²) in [5.74, 6) is 1.35. The first kappa shape index (κ1) is 24.3.